The lowest BCUT2D eigenvalue weighted by atomic mass is 10.1. The Morgan fingerprint density at radius 3 is 2.76 bits per heavy atom. The van der Waals surface area contributed by atoms with E-state index in [2.05, 4.69) is 41.6 Å². The molecule has 3 heterocycles. The Morgan fingerprint density at radius 2 is 2.03 bits per heavy atom. The molecule has 1 aliphatic heterocycles. The SMILES string of the molecule is COc1cc(CCC(=O)N2CCc3onc(Nc4c(C)cccc4C)c3C2)on1. The van der Waals surface area contributed by atoms with Crippen LogP contribution in [0, 0.1) is 13.8 Å². The molecule has 0 atom stereocenters. The number of anilines is 2. The molecule has 1 N–H and O–H groups in total. The van der Waals surface area contributed by atoms with Gasteiger partial charge in [-0.05, 0) is 30.1 Å². The van der Waals surface area contributed by atoms with Crippen molar-refractivity contribution in [1.29, 1.82) is 0 Å². The van der Waals surface area contributed by atoms with Crippen LogP contribution in [-0.4, -0.2) is 34.8 Å². The number of nitrogens with one attached hydrogen (secondary N) is 1. The standard InChI is InChI=1S/C21H24N4O4/c1-13-5-4-6-14(2)20(13)22-21-16-12-25(10-9-17(16)29-24-21)19(26)8-7-15-11-18(27-3)23-28-15/h4-6,11H,7-10,12H2,1-3H3,(H,22,24). The Labute approximate surface area is 168 Å². The van der Waals surface area contributed by atoms with Crippen molar-refractivity contribution in [2.24, 2.45) is 0 Å². The molecule has 4 rings (SSSR count). The molecule has 0 saturated carbocycles. The van der Waals surface area contributed by atoms with Gasteiger partial charge in [0, 0.05) is 37.6 Å². The number of benzene rings is 1. The van der Waals surface area contributed by atoms with Gasteiger partial charge in [-0.3, -0.25) is 4.79 Å². The van der Waals surface area contributed by atoms with Gasteiger partial charge in [-0.25, -0.2) is 0 Å². The zero-order valence-corrected chi connectivity index (χ0v) is 16.8. The van der Waals surface area contributed by atoms with Crippen LogP contribution in [0.1, 0.15) is 34.6 Å². The second kappa shape index (κ2) is 7.98. The zero-order valence-electron chi connectivity index (χ0n) is 16.8. The van der Waals surface area contributed by atoms with E-state index in [4.69, 9.17) is 13.8 Å². The highest BCUT2D eigenvalue weighted by Gasteiger charge is 2.27. The summed E-state index contributed by atoms with van der Waals surface area (Å²) in [7, 11) is 1.53. The lowest BCUT2D eigenvalue weighted by Gasteiger charge is -2.26. The van der Waals surface area contributed by atoms with Crippen molar-refractivity contribution in [3.05, 3.63) is 52.5 Å². The van der Waals surface area contributed by atoms with Crippen LogP contribution in [0.5, 0.6) is 5.88 Å². The molecule has 1 aliphatic rings. The largest absolute Gasteiger partial charge is 0.479 e. The fraction of sp³-hybridized carbons (Fsp3) is 0.381. The number of amides is 1. The molecule has 0 bridgehead atoms. The molecule has 0 unspecified atom stereocenters. The Bertz CT molecular complexity index is 1000. The molecule has 1 amide bonds. The van der Waals surface area contributed by atoms with Gasteiger partial charge in [0.25, 0.3) is 5.88 Å². The predicted molar refractivity (Wildman–Crippen MR) is 106 cm³/mol. The van der Waals surface area contributed by atoms with Crippen molar-refractivity contribution < 1.29 is 18.6 Å². The predicted octanol–water partition coefficient (Wildman–Crippen LogP) is 3.55. The third-order valence-electron chi connectivity index (χ3n) is 5.24. The highest BCUT2D eigenvalue weighted by Crippen LogP contribution is 2.31. The molecule has 29 heavy (non-hydrogen) atoms. The van der Waals surface area contributed by atoms with Gasteiger partial charge in [0.05, 0.1) is 19.2 Å². The number of aromatic nitrogens is 2. The van der Waals surface area contributed by atoms with E-state index in [9.17, 15) is 4.79 Å². The van der Waals surface area contributed by atoms with E-state index < -0.39 is 0 Å². The molecule has 0 radical (unpaired) electrons. The molecule has 152 valence electrons. The second-order valence-corrected chi connectivity index (χ2v) is 7.23. The first-order chi connectivity index (χ1) is 14.0. The molecule has 2 aromatic heterocycles. The van der Waals surface area contributed by atoms with Crippen molar-refractivity contribution in [2.75, 3.05) is 19.0 Å². The highest BCUT2D eigenvalue weighted by molar-refractivity contribution is 5.77. The van der Waals surface area contributed by atoms with Crippen molar-refractivity contribution >= 4 is 17.4 Å². The number of ether oxygens (including phenoxy) is 1. The summed E-state index contributed by atoms with van der Waals surface area (Å²) in [6, 6.07) is 7.83. The van der Waals surface area contributed by atoms with Gasteiger partial charge in [0.15, 0.2) is 5.82 Å². The molecule has 8 nitrogen and oxygen atoms in total. The highest BCUT2D eigenvalue weighted by atomic mass is 16.5. The summed E-state index contributed by atoms with van der Waals surface area (Å²) in [5, 5.41) is 11.4. The van der Waals surface area contributed by atoms with Gasteiger partial charge in [-0.2, -0.15) is 0 Å². The quantitative estimate of drug-likeness (QED) is 0.681. The van der Waals surface area contributed by atoms with Crippen molar-refractivity contribution in [1.82, 2.24) is 15.2 Å². The number of rotatable bonds is 6. The van der Waals surface area contributed by atoms with Crippen LogP contribution in [0.3, 0.4) is 0 Å². The monoisotopic (exact) mass is 396 g/mol. The van der Waals surface area contributed by atoms with Crippen LogP contribution in [0.2, 0.25) is 0 Å². The summed E-state index contributed by atoms with van der Waals surface area (Å²) >= 11 is 0. The average molecular weight is 396 g/mol. The fourth-order valence-corrected chi connectivity index (χ4v) is 3.55. The Balaban J connectivity index is 1.44. The van der Waals surface area contributed by atoms with Gasteiger partial charge in [0.2, 0.25) is 5.91 Å². The minimum Gasteiger partial charge on any atom is -0.479 e. The maximum absolute atomic E-state index is 12.7. The van der Waals surface area contributed by atoms with Crippen molar-refractivity contribution in [3.8, 4) is 5.88 Å². The smallest absolute Gasteiger partial charge is 0.254 e. The van der Waals surface area contributed by atoms with E-state index >= 15 is 0 Å². The van der Waals surface area contributed by atoms with Crippen LogP contribution in [0.4, 0.5) is 11.5 Å². The van der Waals surface area contributed by atoms with E-state index in [0.717, 1.165) is 28.1 Å². The lowest BCUT2D eigenvalue weighted by Crippen LogP contribution is -2.35. The normalized spacial score (nSPS) is 13.3. The Morgan fingerprint density at radius 1 is 1.24 bits per heavy atom. The summed E-state index contributed by atoms with van der Waals surface area (Å²) in [5.41, 5.74) is 4.22. The molecule has 0 aliphatic carbocycles. The van der Waals surface area contributed by atoms with E-state index in [1.54, 1.807) is 6.07 Å². The van der Waals surface area contributed by atoms with E-state index in [1.165, 1.54) is 7.11 Å². The number of aryl methyl sites for hydroxylation is 3. The lowest BCUT2D eigenvalue weighted by molar-refractivity contribution is -0.132. The fourth-order valence-electron chi connectivity index (χ4n) is 3.55. The molecule has 1 aromatic carbocycles. The Hall–Kier alpha value is -3.29. The summed E-state index contributed by atoms with van der Waals surface area (Å²) < 4.78 is 15.7. The maximum atomic E-state index is 12.7. The number of carbonyl (C=O) groups is 1. The number of nitrogens with zero attached hydrogens (tertiary/aromatic N) is 3. The zero-order chi connectivity index (χ0) is 20.4. The number of fused-ring (bicyclic) bond motifs is 1. The number of methoxy groups -OCH3 is 1. The van der Waals surface area contributed by atoms with Crippen LogP contribution in [-0.2, 0) is 24.2 Å². The third kappa shape index (κ3) is 3.96. The summed E-state index contributed by atoms with van der Waals surface area (Å²) in [5.74, 6) is 2.62. The number of hydrogen-bond acceptors (Lipinski definition) is 7. The number of hydrogen-bond donors (Lipinski definition) is 1. The Kier molecular flexibility index (Phi) is 5.24. The first kappa shape index (κ1) is 19.0. The van der Waals surface area contributed by atoms with Crippen molar-refractivity contribution in [3.63, 3.8) is 0 Å². The van der Waals surface area contributed by atoms with Crippen molar-refractivity contribution in [2.45, 2.75) is 39.7 Å². The van der Waals surface area contributed by atoms with E-state index in [0.29, 0.717) is 49.8 Å². The third-order valence-corrected chi connectivity index (χ3v) is 5.24. The van der Waals surface area contributed by atoms with Gasteiger partial charge in [-0.1, -0.05) is 23.4 Å². The van der Waals surface area contributed by atoms with Crippen LogP contribution in [0.25, 0.3) is 0 Å². The van der Waals surface area contributed by atoms with Crippen LogP contribution in [0.15, 0.2) is 33.3 Å². The molecular formula is C21H24N4O4. The second-order valence-electron chi connectivity index (χ2n) is 7.23. The van der Waals surface area contributed by atoms with Gasteiger partial charge < -0.3 is 24.0 Å². The molecule has 0 spiro atoms. The van der Waals surface area contributed by atoms with Crippen LogP contribution >= 0.6 is 0 Å². The van der Waals surface area contributed by atoms with E-state index in [1.807, 2.05) is 11.0 Å². The average Bonchev–Trinajstić information content (AvgIpc) is 3.35. The minimum absolute atomic E-state index is 0.0604. The minimum atomic E-state index is 0.0604. The molecule has 8 heteroatoms. The molecule has 0 saturated heterocycles. The first-order valence-corrected chi connectivity index (χ1v) is 9.63. The summed E-state index contributed by atoms with van der Waals surface area (Å²) in [6.45, 7) is 5.20. The topological polar surface area (TPSA) is 93.6 Å². The van der Waals surface area contributed by atoms with Gasteiger partial charge in [0.1, 0.15) is 11.5 Å². The molecule has 3 aromatic rings. The summed E-state index contributed by atoms with van der Waals surface area (Å²) in [4.78, 5) is 14.6. The molecular weight excluding hydrogens is 372 g/mol. The maximum Gasteiger partial charge on any atom is 0.254 e. The van der Waals surface area contributed by atoms with Gasteiger partial charge >= 0.3 is 0 Å². The first-order valence-electron chi connectivity index (χ1n) is 9.63. The number of para-hydroxylation sites is 1. The summed E-state index contributed by atoms with van der Waals surface area (Å²) in [6.07, 6.45) is 1.48. The van der Waals surface area contributed by atoms with E-state index in [-0.39, 0.29) is 5.91 Å². The van der Waals surface area contributed by atoms with Crippen LogP contribution < -0.4 is 10.1 Å². The number of carbonyl (C=O) groups excluding carboxylic acids is 1. The molecule has 0 fully saturated rings. The van der Waals surface area contributed by atoms with Gasteiger partial charge in [-0.15, -0.1) is 0 Å².